The van der Waals surface area contributed by atoms with E-state index >= 15 is 0 Å². The van der Waals surface area contributed by atoms with E-state index in [0.29, 0.717) is 5.56 Å². The normalized spacial score (nSPS) is 16.9. The minimum absolute atomic E-state index is 0.0323. The number of rotatable bonds is 7. The average molecular weight is 604 g/mol. The fourth-order valence-electron chi connectivity index (χ4n) is 4.45. The van der Waals surface area contributed by atoms with E-state index < -0.39 is 28.1 Å². The summed E-state index contributed by atoms with van der Waals surface area (Å²) in [5.74, 6) is -2.44. The quantitative estimate of drug-likeness (QED) is 0.143. The first kappa shape index (κ1) is 27.6. The van der Waals surface area contributed by atoms with Gasteiger partial charge in [-0.05, 0) is 45.6 Å². The van der Waals surface area contributed by atoms with Crippen molar-refractivity contribution in [1.82, 2.24) is 0 Å². The molecule has 0 spiro atoms. The third-order valence-corrected chi connectivity index (χ3v) is 8.22. The van der Waals surface area contributed by atoms with Crippen LogP contribution in [0.15, 0.2) is 78.9 Å². The lowest BCUT2D eigenvalue weighted by Crippen LogP contribution is -2.26. The summed E-state index contributed by atoms with van der Waals surface area (Å²) in [5, 5.41) is 0. The highest BCUT2D eigenvalue weighted by Crippen LogP contribution is 2.45. The molecule has 3 rings (SSSR count). The Morgan fingerprint density at radius 2 is 0.857 bits per heavy atom. The maximum absolute atomic E-state index is 14.0. The third-order valence-electron chi connectivity index (χ3n) is 6.79. The van der Waals surface area contributed by atoms with E-state index in [1.165, 1.54) is 34.7 Å². The molecular weight excluding hydrogens is 577 g/mol. The number of hydrogen-bond donors (Lipinski definition) is 0. The summed E-state index contributed by atoms with van der Waals surface area (Å²) in [6.07, 6.45) is -8.71. The van der Waals surface area contributed by atoms with E-state index in [0.717, 1.165) is 11.1 Å². The second-order valence-corrected chi connectivity index (χ2v) is 10.3. The van der Waals surface area contributed by atoms with Gasteiger partial charge in [-0.2, -0.15) is 26.3 Å². The minimum Gasteiger partial charge on any atom is -0.170 e. The van der Waals surface area contributed by atoms with Crippen LogP contribution in [0, 0.1) is 0 Å². The van der Waals surface area contributed by atoms with E-state index in [2.05, 4.69) is 0 Å². The molecule has 0 fully saturated rings. The van der Waals surface area contributed by atoms with Gasteiger partial charge in [-0.15, -0.1) is 0 Å². The van der Waals surface area contributed by atoms with Gasteiger partial charge in [0.1, 0.15) is 3.92 Å². The van der Waals surface area contributed by atoms with E-state index in [1.807, 2.05) is 13.8 Å². The molecular formula is C28H27F6I. The topological polar surface area (TPSA) is 0 Å². The average Bonchev–Trinajstić information content (AvgIpc) is 2.82. The van der Waals surface area contributed by atoms with Crippen LogP contribution in [0.2, 0.25) is 0 Å². The van der Waals surface area contributed by atoms with Gasteiger partial charge in [0.25, 0.3) is 0 Å². The zero-order valence-electron chi connectivity index (χ0n) is 19.5. The van der Waals surface area contributed by atoms with Crippen LogP contribution < -0.4 is 0 Å². The fourth-order valence-corrected chi connectivity index (χ4v) is 4.87. The van der Waals surface area contributed by atoms with Gasteiger partial charge in [-0.3, -0.25) is 0 Å². The number of hydrogen-bond acceptors (Lipinski definition) is 0. The molecule has 5 unspecified atom stereocenters. The standard InChI is InChI=1S/C28H27F6I/c1-17(18(2)22-11-15-24(16-12-22)26(35)28(32,33)34)21-9-13-23(14-10-21)25(27(29,30)31)19(3)20-7-5-4-6-8-20/h4-19,25-26H,1-3H3. The highest BCUT2D eigenvalue weighted by atomic mass is 127. The maximum atomic E-state index is 14.0. The molecule has 0 aromatic heterocycles. The van der Waals surface area contributed by atoms with Gasteiger partial charge < -0.3 is 0 Å². The first-order chi connectivity index (χ1) is 16.3. The summed E-state index contributed by atoms with van der Waals surface area (Å²) < 4.78 is 79.5. The maximum Gasteiger partial charge on any atom is 0.404 e. The van der Waals surface area contributed by atoms with Crippen molar-refractivity contribution in [3.63, 3.8) is 0 Å². The molecule has 0 aliphatic carbocycles. The smallest absolute Gasteiger partial charge is 0.170 e. The van der Waals surface area contributed by atoms with Gasteiger partial charge in [0.05, 0.1) is 5.92 Å². The molecule has 0 aliphatic rings. The second-order valence-electron chi connectivity index (χ2n) is 9.03. The predicted molar refractivity (Wildman–Crippen MR) is 136 cm³/mol. The third kappa shape index (κ3) is 6.60. The monoisotopic (exact) mass is 604 g/mol. The summed E-state index contributed by atoms with van der Waals surface area (Å²) in [5.41, 5.74) is 2.78. The summed E-state index contributed by atoms with van der Waals surface area (Å²) >= 11 is 1.38. The second kappa shape index (κ2) is 10.9. The van der Waals surface area contributed by atoms with Crippen LogP contribution in [0.3, 0.4) is 0 Å². The van der Waals surface area contributed by atoms with E-state index in [-0.39, 0.29) is 23.0 Å². The lowest BCUT2D eigenvalue weighted by Gasteiger charge is -2.28. The predicted octanol–water partition coefficient (Wildman–Crippen LogP) is 10.1. The molecule has 0 saturated heterocycles. The van der Waals surface area contributed by atoms with Gasteiger partial charge in [0, 0.05) is 0 Å². The van der Waals surface area contributed by atoms with Crippen LogP contribution in [0.5, 0.6) is 0 Å². The van der Waals surface area contributed by atoms with Gasteiger partial charge >= 0.3 is 12.4 Å². The minimum atomic E-state index is -4.40. The lowest BCUT2D eigenvalue weighted by atomic mass is 9.80. The molecule has 0 amide bonds. The molecule has 7 heteroatoms. The highest BCUT2D eigenvalue weighted by Gasteiger charge is 2.44. The summed E-state index contributed by atoms with van der Waals surface area (Å²) in [4.78, 5) is 0. The Morgan fingerprint density at radius 1 is 0.486 bits per heavy atom. The Bertz CT molecular complexity index is 1070. The highest BCUT2D eigenvalue weighted by molar-refractivity contribution is 14.1. The van der Waals surface area contributed by atoms with Crippen molar-refractivity contribution >= 4 is 22.6 Å². The molecule has 0 N–H and O–H groups in total. The van der Waals surface area contributed by atoms with Crippen LogP contribution in [0.4, 0.5) is 26.3 Å². The van der Waals surface area contributed by atoms with Crippen molar-refractivity contribution in [3.8, 4) is 0 Å². The SMILES string of the molecule is CC(c1ccc(C(I)C(F)(F)F)cc1)C(C)c1ccc(C(C(C)c2ccccc2)C(F)(F)F)cc1. The molecule has 0 aliphatic heterocycles. The number of alkyl halides is 7. The van der Waals surface area contributed by atoms with Crippen molar-refractivity contribution < 1.29 is 26.3 Å². The Balaban J connectivity index is 1.80. The summed E-state index contributed by atoms with van der Waals surface area (Å²) in [6.45, 7) is 5.53. The van der Waals surface area contributed by atoms with Crippen molar-refractivity contribution in [3.05, 3.63) is 107 Å². The Hall–Kier alpha value is -2.03. The van der Waals surface area contributed by atoms with E-state index in [1.54, 1.807) is 73.7 Å². The zero-order valence-corrected chi connectivity index (χ0v) is 21.7. The molecule has 188 valence electrons. The van der Waals surface area contributed by atoms with Crippen LogP contribution in [-0.4, -0.2) is 12.4 Å². The Labute approximate surface area is 215 Å². The van der Waals surface area contributed by atoms with Crippen LogP contribution >= 0.6 is 22.6 Å². The first-order valence-corrected chi connectivity index (χ1v) is 12.6. The molecule has 3 aromatic rings. The first-order valence-electron chi connectivity index (χ1n) is 11.3. The largest absolute Gasteiger partial charge is 0.404 e. The zero-order chi connectivity index (χ0) is 26.0. The summed E-state index contributed by atoms with van der Waals surface area (Å²) in [7, 11) is 0. The molecule has 35 heavy (non-hydrogen) atoms. The molecule has 5 atom stereocenters. The van der Waals surface area contributed by atoms with Gasteiger partial charge in [0.15, 0.2) is 0 Å². The molecule has 0 saturated carbocycles. The summed E-state index contributed by atoms with van der Waals surface area (Å²) in [6, 6.07) is 21.6. The van der Waals surface area contributed by atoms with Gasteiger partial charge in [0.2, 0.25) is 0 Å². The molecule has 0 radical (unpaired) electrons. The van der Waals surface area contributed by atoms with Crippen LogP contribution in [0.25, 0.3) is 0 Å². The van der Waals surface area contributed by atoms with Crippen LogP contribution in [0.1, 0.15) is 76.2 Å². The van der Waals surface area contributed by atoms with E-state index in [4.69, 9.17) is 0 Å². The van der Waals surface area contributed by atoms with Gasteiger partial charge in [-0.1, -0.05) is 122 Å². The van der Waals surface area contributed by atoms with Crippen molar-refractivity contribution in [1.29, 1.82) is 0 Å². The molecule has 0 nitrogen and oxygen atoms in total. The Morgan fingerprint density at radius 3 is 1.26 bits per heavy atom. The molecule has 0 heterocycles. The van der Waals surface area contributed by atoms with Crippen molar-refractivity contribution in [2.45, 2.75) is 60.7 Å². The number of halogens is 7. The van der Waals surface area contributed by atoms with Crippen LogP contribution in [-0.2, 0) is 0 Å². The molecule has 3 aromatic carbocycles. The van der Waals surface area contributed by atoms with Crippen molar-refractivity contribution in [2.24, 2.45) is 0 Å². The van der Waals surface area contributed by atoms with Crippen molar-refractivity contribution in [2.75, 3.05) is 0 Å². The van der Waals surface area contributed by atoms with E-state index in [9.17, 15) is 26.3 Å². The number of benzene rings is 3. The van der Waals surface area contributed by atoms with Gasteiger partial charge in [-0.25, -0.2) is 0 Å². The molecule has 0 bridgehead atoms. The Kier molecular flexibility index (Phi) is 8.60. The lowest BCUT2D eigenvalue weighted by molar-refractivity contribution is -0.154. The fraction of sp³-hybridized carbons (Fsp3) is 0.357.